The van der Waals surface area contributed by atoms with Crippen LogP contribution in [0.1, 0.15) is 15.9 Å². The van der Waals surface area contributed by atoms with E-state index in [2.05, 4.69) is 0 Å². The van der Waals surface area contributed by atoms with Crippen molar-refractivity contribution in [3.8, 4) is 16.2 Å². The first kappa shape index (κ1) is 18.2. The molecule has 134 valence electrons. The highest BCUT2D eigenvalue weighted by Gasteiger charge is 2.25. The van der Waals surface area contributed by atoms with Gasteiger partial charge in [0.1, 0.15) is 11.3 Å². The van der Waals surface area contributed by atoms with E-state index in [9.17, 15) is 18.3 Å². The lowest BCUT2D eigenvalue weighted by atomic mass is 10.0. The molecular weight excluding hydrogens is 372 g/mol. The molecule has 0 unspecified atom stereocenters. The summed E-state index contributed by atoms with van der Waals surface area (Å²) >= 11 is 1.45. The van der Waals surface area contributed by atoms with Gasteiger partial charge in [-0.05, 0) is 35.2 Å². The summed E-state index contributed by atoms with van der Waals surface area (Å²) in [5.41, 5.74) is 0.692. The number of aromatic carboxylic acids is 1. The summed E-state index contributed by atoms with van der Waals surface area (Å²) < 4.78 is 30.7. The molecule has 0 spiro atoms. The lowest BCUT2D eigenvalue weighted by molar-refractivity contribution is 0.0692. The summed E-state index contributed by atoms with van der Waals surface area (Å²) in [5.74, 6) is -1.47. The fourth-order valence-electron chi connectivity index (χ4n) is 2.73. The average Bonchev–Trinajstić information content (AvgIpc) is 3.15. The van der Waals surface area contributed by atoms with Crippen LogP contribution in [0.4, 0.5) is 0 Å². The van der Waals surface area contributed by atoms with Crippen LogP contribution in [0.2, 0.25) is 0 Å². The maximum absolute atomic E-state index is 12.7. The molecule has 7 heteroatoms. The molecule has 2 aromatic carbocycles. The Morgan fingerprint density at radius 2 is 1.81 bits per heavy atom. The summed E-state index contributed by atoms with van der Waals surface area (Å²) in [4.78, 5) is 12.9. The monoisotopic (exact) mass is 388 g/mol. The molecule has 26 heavy (non-hydrogen) atoms. The number of ether oxygens (including phenoxy) is 1. The van der Waals surface area contributed by atoms with Gasteiger partial charge in [0.15, 0.2) is 9.84 Å². The predicted octanol–water partition coefficient (Wildman–Crippen LogP) is 4.10. The Kier molecular flexibility index (Phi) is 5.11. The zero-order valence-electron chi connectivity index (χ0n) is 13.9. The minimum atomic E-state index is -3.68. The minimum Gasteiger partial charge on any atom is -0.495 e. The molecule has 0 aliphatic carbocycles. The third kappa shape index (κ3) is 3.49. The highest BCUT2D eigenvalue weighted by atomic mass is 32.2. The van der Waals surface area contributed by atoms with Gasteiger partial charge in [0, 0.05) is 10.4 Å². The molecule has 1 aromatic heterocycles. The molecular formula is C19H16O5S2. The highest BCUT2D eigenvalue weighted by Crippen LogP contribution is 2.38. The topological polar surface area (TPSA) is 80.7 Å². The van der Waals surface area contributed by atoms with Gasteiger partial charge in [-0.1, -0.05) is 30.3 Å². The summed E-state index contributed by atoms with van der Waals surface area (Å²) in [7, 11) is -2.29. The maximum Gasteiger partial charge on any atom is 0.339 e. The second-order valence-electron chi connectivity index (χ2n) is 5.54. The first-order chi connectivity index (χ1) is 12.4. The van der Waals surface area contributed by atoms with Crippen LogP contribution >= 0.6 is 11.3 Å². The van der Waals surface area contributed by atoms with E-state index in [4.69, 9.17) is 4.74 Å². The van der Waals surface area contributed by atoms with Gasteiger partial charge in [0.05, 0.1) is 17.8 Å². The summed E-state index contributed by atoms with van der Waals surface area (Å²) in [5, 5.41) is 11.6. The normalized spacial score (nSPS) is 11.3. The highest BCUT2D eigenvalue weighted by molar-refractivity contribution is 7.90. The summed E-state index contributed by atoms with van der Waals surface area (Å²) in [6.45, 7) is 0. The fourth-order valence-corrected chi connectivity index (χ4v) is 4.87. The van der Waals surface area contributed by atoms with E-state index in [-0.39, 0.29) is 21.8 Å². The molecule has 0 aliphatic rings. The third-order valence-corrected chi connectivity index (χ3v) is 6.48. The van der Waals surface area contributed by atoms with Gasteiger partial charge in [-0.15, -0.1) is 11.3 Å². The number of thiophene rings is 1. The Hall–Kier alpha value is -2.64. The number of benzene rings is 2. The fraction of sp³-hybridized carbons (Fsp3) is 0.105. The van der Waals surface area contributed by atoms with Crippen LogP contribution in [-0.4, -0.2) is 26.6 Å². The molecule has 5 nitrogen and oxygen atoms in total. The van der Waals surface area contributed by atoms with E-state index in [1.165, 1.54) is 30.6 Å². The SMILES string of the molecule is COc1c(-c2cccs2)ccc(CS(=O)(=O)c2ccccc2)c1C(=O)O. The molecule has 0 bridgehead atoms. The Balaban J connectivity index is 2.12. The number of methoxy groups -OCH3 is 1. The van der Waals surface area contributed by atoms with Gasteiger partial charge in [0.2, 0.25) is 0 Å². The van der Waals surface area contributed by atoms with Crippen LogP contribution in [0.25, 0.3) is 10.4 Å². The van der Waals surface area contributed by atoms with Crippen molar-refractivity contribution in [3.63, 3.8) is 0 Å². The van der Waals surface area contributed by atoms with E-state index < -0.39 is 21.6 Å². The second-order valence-corrected chi connectivity index (χ2v) is 8.47. The van der Waals surface area contributed by atoms with Crippen LogP contribution in [0.5, 0.6) is 5.75 Å². The Labute approximate surface area is 155 Å². The molecule has 0 saturated carbocycles. The van der Waals surface area contributed by atoms with Crippen molar-refractivity contribution in [1.29, 1.82) is 0 Å². The smallest absolute Gasteiger partial charge is 0.339 e. The van der Waals surface area contributed by atoms with Gasteiger partial charge >= 0.3 is 5.97 Å². The number of carbonyl (C=O) groups is 1. The quantitative estimate of drug-likeness (QED) is 0.688. The number of hydrogen-bond donors (Lipinski definition) is 1. The Morgan fingerprint density at radius 1 is 1.08 bits per heavy atom. The largest absolute Gasteiger partial charge is 0.495 e. The second kappa shape index (κ2) is 7.31. The van der Waals surface area contributed by atoms with Crippen molar-refractivity contribution in [3.05, 3.63) is 71.1 Å². The molecule has 1 N–H and O–H groups in total. The van der Waals surface area contributed by atoms with Crippen molar-refractivity contribution in [2.75, 3.05) is 7.11 Å². The molecule has 0 aliphatic heterocycles. The zero-order valence-corrected chi connectivity index (χ0v) is 15.5. The molecule has 0 radical (unpaired) electrons. The van der Waals surface area contributed by atoms with Crippen molar-refractivity contribution in [2.24, 2.45) is 0 Å². The Morgan fingerprint density at radius 3 is 2.38 bits per heavy atom. The first-order valence-corrected chi connectivity index (χ1v) is 10.2. The van der Waals surface area contributed by atoms with E-state index >= 15 is 0 Å². The van der Waals surface area contributed by atoms with E-state index in [0.717, 1.165) is 4.88 Å². The van der Waals surface area contributed by atoms with Gasteiger partial charge in [-0.25, -0.2) is 13.2 Å². The van der Waals surface area contributed by atoms with Crippen LogP contribution < -0.4 is 4.74 Å². The molecule has 0 saturated heterocycles. The lowest BCUT2D eigenvalue weighted by Gasteiger charge is -2.15. The maximum atomic E-state index is 12.7. The van der Waals surface area contributed by atoms with Gasteiger partial charge < -0.3 is 9.84 Å². The molecule has 1 heterocycles. The summed E-state index contributed by atoms with van der Waals surface area (Å²) in [6.07, 6.45) is 0. The van der Waals surface area contributed by atoms with Crippen molar-refractivity contribution in [2.45, 2.75) is 10.6 Å². The van der Waals surface area contributed by atoms with E-state index in [1.54, 1.807) is 30.3 Å². The number of carboxylic acid groups (broad SMARTS) is 1. The van der Waals surface area contributed by atoms with Crippen molar-refractivity contribution < 1.29 is 23.1 Å². The summed E-state index contributed by atoms with van der Waals surface area (Å²) in [6, 6.07) is 14.9. The van der Waals surface area contributed by atoms with Crippen molar-refractivity contribution in [1.82, 2.24) is 0 Å². The molecule has 0 fully saturated rings. The van der Waals surface area contributed by atoms with Crippen LogP contribution in [0.3, 0.4) is 0 Å². The molecule has 0 atom stereocenters. The molecule has 3 aromatic rings. The van der Waals surface area contributed by atoms with Gasteiger partial charge in [-0.2, -0.15) is 0 Å². The predicted molar refractivity (Wildman–Crippen MR) is 101 cm³/mol. The number of hydrogen-bond acceptors (Lipinski definition) is 5. The standard InChI is InChI=1S/C19H16O5S2/c1-24-18-15(16-8-5-11-25-16)10-9-13(17(18)19(20)21)12-26(22,23)14-6-3-2-4-7-14/h2-11H,12H2,1H3,(H,20,21). The number of rotatable bonds is 6. The van der Waals surface area contributed by atoms with E-state index in [0.29, 0.717) is 5.56 Å². The lowest BCUT2D eigenvalue weighted by Crippen LogP contribution is -2.11. The Bertz CT molecular complexity index is 1020. The number of sulfone groups is 1. The first-order valence-electron chi connectivity index (χ1n) is 7.69. The van der Waals surface area contributed by atoms with Gasteiger partial charge in [-0.3, -0.25) is 0 Å². The average molecular weight is 388 g/mol. The van der Waals surface area contributed by atoms with Crippen molar-refractivity contribution >= 4 is 27.1 Å². The number of carboxylic acids is 1. The minimum absolute atomic E-state index is 0.127. The molecule has 0 amide bonds. The van der Waals surface area contributed by atoms with Crippen LogP contribution in [-0.2, 0) is 15.6 Å². The molecule has 3 rings (SSSR count). The van der Waals surface area contributed by atoms with Crippen LogP contribution in [0, 0.1) is 0 Å². The third-order valence-electron chi connectivity index (χ3n) is 3.90. The zero-order chi connectivity index (χ0) is 18.7. The van der Waals surface area contributed by atoms with E-state index in [1.807, 2.05) is 17.5 Å². The van der Waals surface area contributed by atoms with Crippen LogP contribution in [0.15, 0.2) is 64.9 Å². The van der Waals surface area contributed by atoms with Gasteiger partial charge in [0.25, 0.3) is 0 Å².